The number of hydrogen-bond acceptors (Lipinski definition) is 2. The molecule has 0 atom stereocenters. The molecular formula is C17H13BrN2O. The van der Waals surface area contributed by atoms with Crippen LogP contribution < -0.4 is 11.1 Å². The average Bonchev–Trinajstić information content (AvgIpc) is 2.49. The Bertz CT molecular complexity index is 830. The van der Waals surface area contributed by atoms with E-state index >= 15 is 0 Å². The van der Waals surface area contributed by atoms with E-state index < -0.39 is 0 Å². The molecule has 0 fully saturated rings. The lowest BCUT2D eigenvalue weighted by molar-refractivity contribution is 0.102. The van der Waals surface area contributed by atoms with Crippen molar-refractivity contribution in [3.05, 3.63) is 70.7 Å². The third kappa shape index (κ3) is 2.90. The quantitative estimate of drug-likeness (QED) is 0.677. The molecule has 0 heterocycles. The molecule has 0 radical (unpaired) electrons. The SMILES string of the molecule is Nc1ccc(NC(=O)c2ccc3ccccc3c2)c(Br)c1. The highest BCUT2D eigenvalue weighted by molar-refractivity contribution is 9.10. The molecular weight excluding hydrogens is 328 g/mol. The van der Waals surface area contributed by atoms with Gasteiger partial charge in [0, 0.05) is 15.7 Å². The van der Waals surface area contributed by atoms with Gasteiger partial charge in [-0.1, -0.05) is 30.3 Å². The molecule has 4 heteroatoms. The van der Waals surface area contributed by atoms with Crippen molar-refractivity contribution in [2.24, 2.45) is 0 Å². The van der Waals surface area contributed by atoms with Crippen LogP contribution in [-0.2, 0) is 0 Å². The summed E-state index contributed by atoms with van der Waals surface area (Å²) in [6.45, 7) is 0. The van der Waals surface area contributed by atoms with Crippen LogP contribution in [0.15, 0.2) is 65.1 Å². The molecule has 3 rings (SSSR count). The number of halogens is 1. The standard InChI is InChI=1S/C17H13BrN2O/c18-15-10-14(19)7-8-16(15)20-17(21)13-6-5-11-3-1-2-4-12(11)9-13/h1-10H,19H2,(H,20,21). The van der Waals surface area contributed by atoms with Gasteiger partial charge in [-0.15, -0.1) is 0 Å². The normalized spacial score (nSPS) is 10.5. The van der Waals surface area contributed by atoms with Gasteiger partial charge in [-0.05, 0) is 57.0 Å². The molecule has 3 nitrogen and oxygen atoms in total. The van der Waals surface area contributed by atoms with Crippen molar-refractivity contribution < 1.29 is 4.79 Å². The summed E-state index contributed by atoms with van der Waals surface area (Å²) in [7, 11) is 0. The number of amides is 1. The summed E-state index contributed by atoms with van der Waals surface area (Å²) in [5.41, 5.74) is 7.65. The van der Waals surface area contributed by atoms with Gasteiger partial charge < -0.3 is 11.1 Å². The molecule has 3 N–H and O–H groups in total. The average molecular weight is 341 g/mol. The van der Waals surface area contributed by atoms with Gasteiger partial charge in [-0.3, -0.25) is 4.79 Å². The van der Waals surface area contributed by atoms with Gasteiger partial charge in [-0.2, -0.15) is 0 Å². The largest absolute Gasteiger partial charge is 0.399 e. The highest BCUT2D eigenvalue weighted by atomic mass is 79.9. The number of nitrogens with two attached hydrogens (primary N) is 1. The zero-order valence-electron chi connectivity index (χ0n) is 11.1. The number of nitrogens with one attached hydrogen (secondary N) is 1. The van der Waals surface area contributed by atoms with Crippen LogP contribution in [0, 0.1) is 0 Å². The zero-order valence-corrected chi connectivity index (χ0v) is 12.7. The van der Waals surface area contributed by atoms with E-state index in [1.54, 1.807) is 18.2 Å². The van der Waals surface area contributed by atoms with Crippen molar-refractivity contribution in [3.8, 4) is 0 Å². The van der Waals surface area contributed by atoms with E-state index in [2.05, 4.69) is 21.2 Å². The topological polar surface area (TPSA) is 55.1 Å². The van der Waals surface area contributed by atoms with Crippen LogP contribution in [-0.4, -0.2) is 5.91 Å². The Morgan fingerprint density at radius 1 is 0.952 bits per heavy atom. The maximum atomic E-state index is 12.3. The van der Waals surface area contributed by atoms with Crippen molar-refractivity contribution in [2.45, 2.75) is 0 Å². The fourth-order valence-corrected chi connectivity index (χ4v) is 2.65. The Labute approximate surface area is 130 Å². The first-order valence-corrected chi connectivity index (χ1v) is 7.28. The minimum Gasteiger partial charge on any atom is -0.399 e. The van der Waals surface area contributed by atoms with Gasteiger partial charge in [0.05, 0.1) is 5.69 Å². The Morgan fingerprint density at radius 2 is 1.71 bits per heavy atom. The lowest BCUT2D eigenvalue weighted by atomic mass is 10.1. The lowest BCUT2D eigenvalue weighted by Crippen LogP contribution is -2.12. The smallest absolute Gasteiger partial charge is 0.255 e. The number of carbonyl (C=O) groups excluding carboxylic acids is 1. The van der Waals surface area contributed by atoms with Gasteiger partial charge in [-0.25, -0.2) is 0 Å². The lowest BCUT2D eigenvalue weighted by Gasteiger charge is -2.09. The van der Waals surface area contributed by atoms with E-state index in [1.807, 2.05) is 42.5 Å². The Kier molecular flexibility index (Phi) is 3.62. The number of nitrogen functional groups attached to an aromatic ring is 1. The third-order valence-corrected chi connectivity index (χ3v) is 3.91. The van der Waals surface area contributed by atoms with E-state index in [9.17, 15) is 4.79 Å². The monoisotopic (exact) mass is 340 g/mol. The predicted octanol–water partition coefficient (Wildman–Crippen LogP) is 4.44. The second-order valence-corrected chi connectivity index (χ2v) is 5.61. The van der Waals surface area contributed by atoms with Crippen molar-refractivity contribution in [2.75, 3.05) is 11.1 Å². The van der Waals surface area contributed by atoms with E-state index in [1.165, 1.54) is 0 Å². The number of benzene rings is 3. The Morgan fingerprint density at radius 3 is 2.48 bits per heavy atom. The van der Waals surface area contributed by atoms with E-state index in [0.717, 1.165) is 15.2 Å². The minimum absolute atomic E-state index is 0.147. The van der Waals surface area contributed by atoms with Crippen LogP contribution in [0.5, 0.6) is 0 Å². The maximum absolute atomic E-state index is 12.3. The van der Waals surface area contributed by atoms with Crippen LogP contribution in [0.1, 0.15) is 10.4 Å². The van der Waals surface area contributed by atoms with E-state index in [4.69, 9.17) is 5.73 Å². The molecule has 3 aromatic carbocycles. The molecule has 3 aromatic rings. The first-order valence-electron chi connectivity index (χ1n) is 6.49. The summed E-state index contributed by atoms with van der Waals surface area (Å²) in [5, 5.41) is 5.03. The van der Waals surface area contributed by atoms with Gasteiger partial charge in [0.1, 0.15) is 0 Å². The van der Waals surface area contributed by atoms with Gasteiger partial charge in [0.25, 0.3) is 5.91 Å². The highest BCUT2D eigenvalue weighted by Gasteiger charge is 2.09. The minimum atomic E-state index is -0.147. The summed E-state index contributed by atoms with van der Waals surface area (Å²) < 4.78 is 0.761. The summed E-state index contributed by atoms with van der Waals surface area (Å²) in [6, 6.07) is 18.9. The zero-order chi connectivity index (χ0) is 14.8. The number of fused-ring (bicyclic) bond motifs is 1. The molecule has 0 aromatic heterocycles. The first kappa shape index (κ1) is 13.6. The third-order valence-electron chi connectivity index (χ3n) is 3.25. The number of rotatable bonds is 2. The van der Waals surface area contributed by atoms with Crippen LogP contribution in [0.25, 0.3) is 10.8 Å². The molecule has 0 spiro atoms. The number of anilines is 2. The predicted molar refractivity (Wildman–Crippen MR) is 90.5 cm³/mol. The molecule has 0 aliphatic rings. The Balaban J connectivity index is 1.89. The first-order chi connectivity index (χ1) is 10.1. The number of hydrogen-bond donors (Lipinski definition) is 2. The van der Waals surface area contributed by atoms with Crippen LogP contribution in [0.4, 0.5) is 11.4 Å². The maximum Gasteiger partial charge on any atom is 0.255 e. The van der Waals surface area contributed by atoms with Crippen LogP contribution >= 0.6 is 15.9 Å². The van der Waals surface area contributed by atoms with E-state index in [0.29, 0.717) is 16.9 Å². The molecule has 0 aliphatic carbocycles. The number of carbonyl (C=O) groups is 1. The molecule has 0 unspecified atom stereocenters. The Hall–Kier alpha value is -2.33. The van der Waals surface area contributed by atoms with Crippen molar-refractivity contribution in [1.29, 1.82) is 0 Å². The van der Waals surface area contributed by atoms with Gasteiger partial charge in [0.15, 0.2) is 0 Å². The summed E-state index contributed by atoms with van der Waals surface area (Å²) >= 11 is 3.39. The summed E-state index contributed by atoms with van der Waals surface area (Å²) in [4.78, 5) is 12.3. The molecule has 0 saturated heterocycles. The molecule has 104 valence electrons. The highest BCUT2D eigenvalue weighted by Crippen LogP contribution is 2.25. The molecule has 1 amide bonds. The molecule has 0 saturated carbocycles. The van der Waals surface area contributed by atoms with Gasteiger partial charge in [0.2, 0.25) is 0 Å². The summed E-state index contributed by atoms with van der Waals surface area (Å²) in [5.74, 6) is -0.147. The van der Waals surface area contributed by atoms with E-state index in [-0.39, 0.29) is 5.91 Å². The molecule has 0 bridgehead atoms. The van der Waals surface area contributed by atoms with Crippen molar-refractivity contribution in [3.63, 3.8) is 0 Å². The second-order valence-electron chi connectivity index (χ2n) is 4.76. The van der Waals surface area contributed by atoms with Crippen LogP contribution in [0.3, 0.4) is 0 Å². The van der Waals surface area contributed by atoms with Crippen molar-refractivity contribution in [1.82, 2.24) is 0 Å². The molecule has 21 heavy (non-hydrogen) atoms. The molecule has 0 aliphatic heterocycles. The fourth-order valence-electron chi connectivity index (χ4n) is 2.16. The fraction of sp³-hybridized carbons (Fsp3) is 0. The summed E-state index contributed by atoms with van der Waals surface area (Å²) in [6.07, 6.45) is 0. The van der Waals surface area contributed by atoms with Gasteiger partial charge >= 0.3 is 0 Å². The second kappa shape index (κ2) is 5.58. The van der Waals surface area contributed by atoms with Crippen LogP contribution in [0.2, 0.25) is 0 Å². The van der Waals surface area contributed by atoms with Crippen molar-refractivity contribution >= 4 is 44.0 Å².